The normalized spacial score (nSPS) is 10.7. The SMILES string of the molecule is O=C(NCc1ccnc(Oc2ccc(F)cc2)c1)c1cccc2[nH]cnc12. The molecule has 134 valence electrons. The van der Waals surface area contributed by atoms with Gasteiger partial charge in [0.25, 0.3) is 5.91 Å². The van der Waals surface area contributed by atoms with Gasteiger partial charge in [-0.15, -0.1) is 0 Å². The van der Waals surface area contributed by atoms with Crippen molar-refractivity contribution >= 4 is 16.9 Å². The van der Waals surface area contributed by atoms with Crippen molar-refractivity contribution in [2.45, 2.75) is 6.54 Å². The Morgan fingerprint density at radius 1 is 1.11 bits per heavy atom. The molecule has 6 nitrogen and oxygen atoms in total. The van der Waals surface area contributed by atoms with Gasteiger partial charge in [0, 0.05) is 18.8 Å². The van der Waals surface area contributed by atoms with Crippen molar-refractivity contribution in [2.24, 2.45) is 0 Å². The minimum atomic E-state index is -0.335. The van der Waals surface area contributed by atoms with Crippen molar-refractivity contribution in [3.63, 3.8) is 0 Å². The van der Waals surface area contributed by atoms with E-state index in [0.29, 0.717) is 29.3 Å². The molecule has 0 aliphatic carbocycles. The van der Waals surface area contributed by atoms with Crippen LogP contribution in [0.15, 0.2) is 67.1 Å². The van der Waals surface area contributed by atoms with Crippen LogP contribution in [-0.4, -0.2) is 20.9 Å². The highest BCUT2D eigenvalue weighted by Gasteiger charge is 2.11. The lowest BCUT2D eigenvalue weighted by molar-refractivity contribution is 0.0952. The van der Waals surface area contributed by atoms with E-state index in [9.17, 15) is 9.18 Å². The van der Waals surface area contributed by atoms with Gasteiger partial charge in [0.1, 0.15) is 17.1 Å². The van der Waals surface area contributed by atoms with Crippen LogP contribution in [0.5, 0.6) is 11.6 Å². The van der Waals surface area contributed by atoms with Crippen LogP contribution >= 0.6 is 0 Å². The number of ether oxygens (including phenoxy) is 1. The fourth-order valence-corrected chi connectivity index (χ4v) is 2.67. The zero-order valence-electron chi connectivity index (χ0n) is 14.1. The molecule has 0 atom stereocenters. The quantitative estimate of drug-likeness (QED) is 0.566. The summed E-state index contributed by atoms with van der Waals surface area (Å²) in [5, 5.41) is 2.87. The highest BCUT2D eigenvalue weighted by molar-refractivity contribution is 6.04. The summed E-state index contributed by atoms with van der Waals surface area (Å²) in [6.45, 7) is 0.307. The van der Waals surface area contributed by atoms with Crippen LogP contribution in [0.25, 0.3) is 11.0 Å². The van der Waals surface area contributed by atoms with Gasteiger partial charge in [0.15, 0.2) is 0 Å². The summed E-state index contributed by atoms with van der Waals surface area (Å²) >= 11 is 0. The summed E-state index contributed by atoms with van der Waals surface area (Å²) in [5.41, 5.74) is 2.77. The van der Waals surface area contributed by atoms with E-state index < -0.39 is 0 Å². The van der Waals surface area contributed by atoms with Gasteiger partial charge in [-0.1, -0.05) is 6.07 Å². The monoisotopic (exact) mass is 362 g/mol. The molecule has 27 heavy (non-hydrogen) atoms. The first-order valence-electron chi connectivity index (χ1n) is 8.28. The Hall–Kier alpha value is -3.74. The summed E-state index contributed by atoms with van der Waals surface area (Å²) in [4.78, 5) is 23.8. The van der Waals surface area contributed by atoms with Gasteiger partial charge in [-0.05, 0) is 48.0 Å². The minimum Gasteiger partial charge on any atom is -0.439 e. The van der Waals surface area contributed by atoms with Gasteiger partial charge >= 0.3 is 0 Å². The molecule has 1 amide bonds. The number of halogens is 1. The van der Waals surface area contributed by atoms with Crippen LogP contribution in [-0.2, 0) is 6.54 Å². The van der Waals surface area contributed by atoms with E-state index in [2.05, 4.69) is 20.3 Å². The molecule has 2 aromatic heterocycles. The van der Waals surface area contributed by atoms with Crippen LogP contribution in [0.3, 0.4) is 0 Å². The van der Waals surface area contributed by atoms with E-state index >= 15 is 0 Å². The van der Waals surface area contributed by atoms with Crippen molar-refractivity contribution in [2.75, 3.05) is 0 Å². The number of pyridine rings is 1. The highest BCUT2D eigenvalue weighted by Crippen LogP contribution is 2.20. The van der Waals surface area contributed by atoms with E-state index in [-0.39, 0.29) is 11.7 Å². The third kappa shape index (κ3) is 3.77. The number of carbonyl (C=O) groups excluding carboxylic acids is 1. The minimum absolute atomic E-state index is 0.217. The second-order valence-corrected chi connectivity index (χ2v) is 5.85. The van der Waals surface area contributed by atoms with Crippen molar-refractivity contribution in [1.82, 2.24) is 20.3 Å². The first-order valence-corrected chi connectivity index (χ1v) is 8.28. The fraction of sp³-hybridized carbons (Fsp3) is 0.0500. The second-order valence-electron chi connectivity index (χ2n) is 5.85. The predicted molar refractivity (Wildman–Crippen MR) is 98.0 cm³/mol. The first kappa shape index (κ1) is 16.7. The predicted octanol–water partition coefficient (Wildman–Crippen LogP) is 3.82. The lowest BCUT2D eigenvalue weighted by atomic mass is 10.1. The van der Waals surface area contributed by atoms with E-state index in [4.69, 9.17) is 4.74 Å². The molecule has 0 aliphatic rings. The van der Waals surface area contributed by atoms with E-state index in [1.807, 2.05) is 6.07 Å². The van der Waals surface area contributed by atoms with Crippen LogP contribution in [0.4, 0.5) is 4.39 Å². The maximum Gasteiger partial charge on any atom is 0.253 e. The molecule has 0 unspecified atom stereocenters. The number of H-pyrrole nitrogens is 1. The molecule has 0 saturated heterocycles. The number of para-hydroxylation sites is 1. The summed E-state index contributed by atoms with van der Waals surface area (Å²) in [5.74, 6) is 0.294. The van der Waals surface area contributed by atoms with E-state index in [1.165, 1.54) is 24.3 Å². The maximum absolute atomic E-state index is 13.0. The molecule has 4 rings (SSSR count). The number of carbonyl (C=O) groups is 1. The molecule has 0 aliphatic heterocycles. The van der Waals surface area contributed by atoms with Gasteiger partial charge in [-0.3, -0.25) is 4.79 Å². The maximum atomic E-state index is 13.0. The topological polar surface area (TPSA) is 79.9 Å². The fourth-order valence-electron chi connectivity index (χ4n) is 2.67. The Labute approximate surface area is 154 Å². The zero-order valence-corrected chi connectivity index (χ0v) is 14.1. The van der Waals surface area contributed by atoms with Gasteiger partial charge in [-0.25, -0.2) is 14.4 Å². The first-order chi connectivity index (χ1) is 13.2. The zero-order chi connectivity index (χ0) is 18.6. The molecule has 4 aromatic rings. The number of imidazole rings is 1. The van der Waals surface area contributed by atoms with Gasteiger partial charge in [0.05, 0.1) is 17.4 Å². The molecular formula is C20H15FN4O2. The molecule has 2 aromatic carbocycles. The van der Waals surface area contributed by atoms with Crippen molar-refractivity contribution in [1.29, 1.82) is 0 Å². The summed E-state index contributed by atoms with van der Waals surface area (Å²) in [6, 6.07) is 14.6. The van der Waals surface area contributed by atoms with Crippen LogP contribution in [0.1, 0.15) is 15.9 Å². The smallest absolute Gasteiger partial charge is 0.253 e. The number of benzene rings is 2. The van der Waals surface area contributed by atoms with Crippen LogP contribution in [0, 0.1) is 5.82 Å². The summed E-state index contributed by atoms with van der Waals surface area (Å²) in [6.07, 6.45) is 3.15. The van der Waals surface area contributed by atoms with Crippen LogP contribution in [0.2, 0.25) is 0 Å². The van der Waals surface area contributed by atoms with Crippen molar-refractivity contribution in [3.05, 3.63) is 84.1 Å². The molecular weight excluding hydrogens is 347 g/mol. The lowest BCUT2D eigenvalue weighted by Crippen LogP contribution is -2.23. The van der Waals surface area contributed by atoms with Gasteiger partial charge in [0.2, 0.25) is 5.88 Å². The summed E-state index contributed by atoms with van der Waals surface area (Å²) in [7, 11) is 0. The third-order valence-corrected chi connectivity index (χ3v) is 3.98. The number of fused-ring (bicyclic) bond motifs is 1. The second kappa shape index (κ2) is 7.25. The number of nitrogens with zero attached hydrogens (tertiary/aromatic N) is 2. The molecule has 0 spiro atoms. The number of amides is 1. The Morgan fingerprint density at radius 2 is 1.96 bits per heavy atom. The lowest BCUT2D eigenvalue weighted by Gasteiger charge is -2.08. The highest BCUT2D eigenvalue weighted by atomic mass is 19.1. The van der Waals surface area contributed by atoms with E-state index in [1.54, 1.807) is 36.8 Å². The number of aromatic amines is 1. The number of hydrogen-bond acceptors (Lipinski definition) is 4. The average Bonchev–Trinajstić information content (AvgIpc) is 3.17. The Kier molecular flexibility index (Phi) is 4.49. The standard InChI is InChI=1S/C20H15FN4O2/c21-14-4-6-15(7-5-14)27-18-10-13(8-9-22-18)11-23-20(26)16-2-1-3-17-19(16)25-12-24-17/h1-10,12H,11H2,(H,23,26)(H,24,25). The van der Waals surface area contributed by atoms with E-state index in [0.717, 1.165) is 11.1 Å². The third-order valence-electron chi connectivity index (χ3n) is 3.98. The summed E-state index contributed by atoms with van der Waals surface area (Å²) < 4.78 is 18.6. The number of hydrogen-bond donors (Lipinski definition) is 2. The Morgan fingerprint density at radius 3 is 2.81 bits per heavy atom. The number of rotatable bonds is 5. The number of aromatic nitrogens is 3. The van der Waals surface area contributed by atoms with Crippen molar-refractivity contribution in [3.8, 4) is 11.6 Å². The molecule has 2 heterocycles. The Bertz CT molecular complexity index is 1090. The molecule has 0 saturated carbocycles. The van der Waals surface area contributed by atoms with Gasteiger partial charge in [-0.2, -0.15) is 0 Å². The number of nitrogens with one attached hydrogen (secondary N) is 2. The molecule has 0 bridgehead atoms. The molecule has 0 radical (unpaired) electrons. The average molecular weight is 362 g/mol. The Balaban J connectivity index is 1.44. The molecule has 0 fully saturated rings. The van der Waals surface area contributed by atoms with Crippen LogP contribution < -0.4 is 10.1 Å². The van der Waals surface area contributed by atoms with Gasteiger partial charge < -0.3 is 15.0 Å². The largest absolute Gasteiger partial charge is 0.439 e. The molecule has 2 N–H and O–H groups in total. The van der Waals surface area contributed by atoms with Crippen molar-refractivity contribution < 1.29 is 13.9 Å². The molecule has 7 heteroatoms.